The van der Waals surface area contributed by atoms with Gasteiger partial charge in [-0.3, -0.25) is 14.4 Å². The molecule has 3 fully saturated rings. The molecule has 1 heterocycles. The van der Waals surface area contributed by atoms with Crippen LogP contribution in [0.4, 0.5) is 0 Å². The Labute approximate surface area is 227 Å². The number of alkyl halides is 6. The minimum absolute atomic E-state index is 0.0503. The third kappa shape index (κ3) is 3.44. The van der Waals surface area contributed by atoms with Gasteiger partial charge < -0.3 is 9.57 Å². The van der Waals surface area contributed by atoms with Crippen molar-refractivity contribution < 1.29 is 28.8 Å². The Morgan fingerprint density at radius 2 is 1.27 bits per heavy atom. The summed E-state index contributed by atoms with van der Waals surface area (Å²) in [5.41, 5.74) is 0. The highest BCUT2D eigenvalue weighted by Gasteiger charge is 2.86. The summed E-state index contributed by atoms with van der Waals surface area (Å²) in [4.78, 5) is 48.7. The average molecular weight is 623 g/mol. The fourth-order valence-corrected chi connectivity index (χ4v) is 9.23. The number of allylic oxidation sites excluding steroid dienone is 2. The summed E-state index contributed by atoms with van der Waals surface area (Å²) in [6.07, 6.45) is -2.07. The molecule has 2 amide bonds. The first-order chi connectivity index (χ1) is 15.2. The van der Waals surface area contributed by atoms with Crippen molar-refractivity contribution in [2.75, 3.05) is 0 Å². The smallest absolute Gasteiger partial charge is 0.333 e. The van der Waals surface area contributed by atoms with Crippen LogP contribution in [0.15, 0.2) is 10.1 Å². The lowest BCUT2D eigenvalue weighted by molar-refractivity contribution is -0.197. The molecule has 3 aliphatic carbocycles. The molecule has 6 atom stereocenters. The van der Waals surface area contributed by atoms with Crippen LogP contribution in [0, 0.1) is 11.8 Å². The fraction of sp³-hybridized carbons (Fsp3) is 0.667. The zero-order valence-electron chi connectivity index (χ0n) is 16.1. The lowest BCUT2D eigenvalue weighted by atomic mass is 9.84. The molecule has 2 saturated carbocycles. The molecule has 0 aromatic heterocycles. The van der Waals surface area contributed by atoms with E-state index >= 15 is 0 Å². The molecule has 1 saturated heterocycles. The molecule has 1 aliphatic heterocycles. The number of esters is 1. The van der Waals surface area contributed by atoms with Gasteiger partial charge in [0.2, 0.25) is 0 Å². The summed E-state index contributed by atoms with van der Waals surface area (Å²) in [5, 5.41) is -1.69. The number of halogens is 8. The molecule has 0 aromatic rings. The first-order valence-electron chi connectivity index (χ1n) is 9.57. The van der Waals surface area contributed by atoms with E-state index < -0.39 is 79.4 Å². The number of ether oxygens (including phenoxy) is 1. The lowest BCUT2D eigenvalue weighted by Crippen LogP contribution is -2.49. The van der Waals surface area contributed by atoms with Crippen LogP contribution in [0.1, 0.15) is 25.7 Å². The van der Waals surface area contributed by atoms with Crippen LogP contribution in [0.5, 0.6) is 0 Å². The minimum Gasteiger partial charge on any atom is -0.459 e. The number of hydrogen-bond donors (Lipinski definition) is 0. The summed E-state index contributed by atoms with van der Waals surface area (Å²) in [6, 6.07) is 0. The number of carbonyl (C=O) groups excluding carboxylic acids is 4. The SMILES string of the molecule is O=C(CCC(=O)ON1C(=O)CCC1=O)OC1C(Cl)C2C(C1Cl)C1(Cl)C(Cl)=C(Cl)C2(Cl)C1(Cl)Cl. The van der Waals surface area contributed by atoms with Gasteiger partial charge in [-0.05, 0) is 0 Å². The van der Waals surface area contributed by atoms with E-state index in [-0.39, 0.29) is 22.9 Å². The first-order valence-corrected chi connectivity index (χ1v) is 12.7. The molecule has 0 aromatic carbocycles. The van der Waals surface area contributed by atoms with E-state index in [1.807, 2.05) is 0 Å². The van der Waals surface area contributed by atoms with Gasteiger partial charge in [-0.1, -0.05) is 46.4 Å². The number of nitrogens with zero attached hydrogens (tertiary/aromatic N) is 1. The predicted molar refractivity (Wildman–Crippen MR) is 123 cm³/mol. The second kappa shape index (κ2) is 8.62. The summed E-state index contributed by atoms with van der Waals surface area (Å²) < 4.78 is 3.58. The second-order valence-corrected chi connectivity index (χ2v) is 12.3. The highest BCUT2D eigenvalue weighted by molar-refractivity contribution is 6.66. The molecule has 4 aliphatic rings. The molecule has 33 heavy (non-hydrogen) atoms. The normalized spacial score (nSPS) is 41.1. The van der Waals surface area contributed by atoms with Crippen LogP contribution in [-0.2, 0) is 28.8 Å². The topological polar surface area (TPSA) is 90.0 Å². The number of fused-ring (bicyclic) bond motifs is 5. The number of imide groups is 1. The summed E-state index contributed by atoms with van der Waals surface area (Å²) in [7, 11) is 0. The number of carbonyl (C=O) groups is 4. The third-order valence-corrected chi connectivity index (χ3v) is 11.7. The second-order valence-electron chi connectivity index (χ2n) is 8.07. The maximum absolute atomic E-state index is 12.4. The van der Waals surface area contributed by atoms with E-state index in [0.29, 0.717) is 5.06 Å². The maximum atomic E-state index is 12.4. The average Bonchev–Trinajstić information content (AvgIpc) is 3.27. The van der Waals surface area contributed by atoms with Gasteiger partial charge in [0.25, 0.3) is 11.8 Å². The lowest BCUT2D eigenvalue weighted by Gasteiger charge is -2.36. The van der Waals surface area contributed by atoms with E-state index in [2.05, 4.69) is 0 Å². The predicted octanol–water partition coefficient (Wildman–Crippen LogP) is 4.59. The van der Waals surface area contributed by atoms with Crippen LogP contribution in [0.2, 0.25) is 0 Å². The molecule has 4 rings (SSSR count). The molecular weight excluding hydrogens is 610 g/mol. The number of hydroxylamine groups is 2. The molecule has 0 spiro atoms. The van der Waals surface area contributed by atoms with Crippen molar-refractivity contribution in [3.63, 3.8) is 0 Å². The van der Waals surface area contributed by atoms with Crippen molar-refractivity contribution in [1.82, 2.24) is 5.06 Å². The van der Waals surface area contributed by atoms with Gasteiger partial charge in [0.05, 0.1) is 33.7 Å². The van der Waals surface area contributed by atoms with Gasteiger partial charge in [0.1, 0.15) is 15.9 Å². The minimum atomic E-state index is -1.84. The summed E-state index contributed by atoms with van der Waals surface area (Å²) in [5.74, 6) is -4.65. The van der Waals surface area contributed by atoms with Crippen LogP contribution < -0.4 is 0 Å². The monoisotopic (exact) mass is 619 g/mol. The van der Waals surface area contributed by atoms with Gasteiger partial charge in [0, 0.05) is 24.7 Å². The van der Waals surface area contributed by atoms with E-state index in [0.717, 1.165) is 0 Å². The fourth-order valence-electron chi connectivity index (χ4n) is 4.84. The Bertz CT molecular complexity index is 933. The van der Waals surface area contributed by atoms with E-state index in [4.69, 9.17) is 102 Å². The molecule has 0 N–H and O–H groups in total. The molecular formula is C18H13Cl8NO6. The van der Waals surface area contributed by atoms with Crippen LogP contribution in [-0.4, -0.2) is 59.8 Å². The molecule has 0 radical (unpaired) electrons. The maximum Gasteiger partial charge on any atom is 0.333 e. The van der Waals surface area contributed by atoms with E-state index in [9.17, 15) is 19.2 Å². The molecule has 7 nitrogen and oxygen atoms in total. The number of hydrogen-bond acceptors (Lipinski definition) is 6. The van der Waals surface area contributed by atoms with Gasteiger partial charge in [-0.25, -0.2) is 4.79 Å². The Morgan fingerprint density at radius 1 is 0.848 bits per heavy atom. The molecule has 2 bridgehead atoms. The van der Waals surface area contributed by atoms with Crippen LogP contribution in [0.25, 0.3) is 0 Å². The van der Waals surface area contributed by atoms with Crippen molar-refractivity contribution in [1.29, 1.82) is 0 Å². The van der Waals surface area contributed by atoms with Crippen molar-refractivity contribution >= 4 is 117 Å². The highest BCUT2D eigenvalue weighted by atomic mass is 35.5. The van der Waals surface area contributed by atoms with Crippen molar-refractivity contribution in [3.05, 3.63) is 10.1 Å². The molecule has 182 valence electrons. The Balaban J connectivity index is 1.42. The molecule has 6 unspecified atom stereocenters. The standard InChI is InChI=1S/C18H13Cl8NO6/c19-11-9-10(17(24)15(22)14(21)16(9,23)18(17,25)26)12(20)13(11)32-7(30)3-4-8(31)33-27-5(28)1-2-6(27)29/h9-13H,1-4H2. The van der Waals surface area contributed by atoms with Gasteiger partial charge in [-0.2, -0.15) is 0 Å². The van der Waals surface area contributed by atoms with Crippen molar-refractivity contribution in [2.45, 2.75) is 56.6 Å². The Hall–Kier alpha value is 0.140. The van der Waals surface area contributed by atoms with Crippen molar-refractivity contribution in [3.8, 4) is 0 Å². The largest absolute Gasteiger partial charge is 0.459 e. The number of amides is 2. The molecule has 15 heteroatoms. The number of rotatable bonds is 5. The first kappa shape index (κ1) is 26.2. The Kier molecular flexibility index (Phi) is 6.84. The van der Waals surface area contributed by atoms with Crippen molar-refractivity contribution in [2.24, 2.45) is 11.8 Å². The highest BCUT2D eigenvalue weighted by Crippen LogP contribution is 2.79. The van der Waals surface area contributed by atoms with Gasteiger partial charge >= 0.3 is 11.9 Å². The van der Waals surface area contributed by atoms with E-state index in [1.54, 1.807) is 0 Å². The van der Waals surface area contributed by atoms with Gasteiger partial charge in [0.15, 0.2) is 4.33 Å². The summed E-state index contributed by atoms with van der Waals surface area (Å²) >= 11 is 52.4. The van der Waals surface area contributed by atoms with E-state index in [1.165, 1.54) is 0 Å². The quantitative estimate of drug-likeness (QED) is 0.253. The zero-order valence-corrected chi connectivity index (χ0v) is 22.2. The Morgan fingerprint density at radius 3 is 1.73 bits per heavy atom. The van der Waals surface area contributed by atoms with Crippen LogP contribution in [0.3, 0.4) is 0 Å². The zero-order chi connectivity index (χ0) is 24.7. The summed E-state index contributed by atoms with van der Waals surface area (Å²) in [6.45, 7) is 0. The van der Waals surface area contributed by atoms with Crippen LogP contribution >= 0.6 is 92.8 Å². The third-order valence-electron chi connectivity index (χ3n) is 6.36. The van der Waals surface area contributed by atoms with Gasteiger partial charge in [-0.15, -0.1) is 51.5 Å².